The molecule has 0 spiro atoms. The summed E-state index contributed by atoms with van der Waals surface area (Å²) >= 11 is 0. The van der Waals surface area contributed by atoms with Gasteiger partial charge in [0.2, 0.25) is 0 Å². The average Bonchev–Trinajstić information content (AvgIpc) is 2.62. The van der Waals surface area contributed by atoms with Crippen LogP contribution in [0, 0.1) is 12.8 Å². The minimum absolute atomic E-state index is 0.0837. The van der Waals surface area contributed by atoms with Gasteiger partial charge in [0, 0.05) is 12.5 Å². The number of rotatable bonds is 8. The molecule has 6 nitrogen and oxygen atoms in total. The lowest BCUT2D eigenvalue weighted by Gasteiger charge is -2.24. The van der Waals surface area contributed by atoms with Crippen molar-refractivity contribution < 1.29 is 22.5 Å². The van der Waals surface area contributed by atoms with Crippen molar-refractivity contribution in [2.45, 2.75) is 24.7 Å². The van der Waals surface area contributed by atoms with Crippen molar-refractivity contribution in [2.75, 3.05) is 13.2 Å². The van der Waals surface area contributed by atoms with Crippen molar-refractivity contribution in [3.05, 3.63) is 65.7 Å². The lowest BCUT2D eigenvalue weighted by molar-refractivity contribution is 0.184. The minimum Gasteiger partial charge on any atom is -0.465 e. The van der Waals surface area contributed by atoms with E-state index in [2.05, 4.69) is 5.32 Å². The quantitative estimate of drug-likeness (QED) is 0.688. The minimum atomic E-state index is -3.90. The van der Waals surface area contributed by atoms with Crippen molar-refractivity contribution in [1.29, 1.82) is 0 Å². The molecule has 0 aliphatic carbocycles. The highest BCUT2D eigenvalue weighted by Gasteiger charge is 2.24. The van der Waals surface area contributed by atoms with Crippen LogP contribution in [0.5, 0.6) is 0 Å². The zero-order chi connectivity index (χ0) is 19.2. The van der Waals surface area contributed by atoms with Gasteiger partial charge >= 0.3 is 6.09 Å². The molecule has 0 aliphatic heterocycles. The van der Waals surface area contributed by atoms with E-state index in [-0.39, 0.29) is 29.9 Å². The first-order valence-corrected chi connectivity index (χ1v) is 9.68. The van der Waals surface area contributed by atoms with Crippen LogP contribution in [0.3, 0.4) is 0 Å². The molecule has 2 N–H and O–H groups in total. The van der Waals surface area contributed by atoms with Gasteiger partial charge in [-0.3, -0.25) is 4.18 Å². The van der Waals surface area contributed by atoms with E-state index in [1.165, 1.54) is 12.1 Å². The first kappa shape index (κ1) is 19.9. The molecule has 26 heavy (non-hydrogen) atoms. The topological polar surface area (TPSA) is 92.7 Å². The summed E-state index contributed by atoms with van der Waals surface area (Å²) in [4.78, 5) is 10.9. The van der Waals surface area contributed by atoms with E-state index >= 15 is 0 Å². The van der Waals surface area contributed by atoms with Crippen molar-refractivity contribution >= 4 is 16.2 Å². The molecule has 2 atom stereocenters. The molecule has 2 rings (SSSR count). The van der Waals surface area contributed by atoms with Gasteiger partial charge in [-0.1, -0.05) is 55.0 Å². The van der Waals surface area contributed by atoms with Crippen LogP contribution in [0.2, 0.25) is 0 Å². The fraction of sp³-hybridized carbons (Fsp3) is 0.316. The lowest BCUT2D eigenvalue weighted by atomic mass is 9.88. The van der Waals surface area contributed by atoms with E-state index in [9.17, 15) is 13.2 Å². The third-order valence-corrected chi connectivity index (χ3v) is 5.59. The number of carboxylic acid groups (broad SMARTS) is 1. The Hall–Kier alpha value is -2.38. The molecular formula is C19H23NO5S. The zero-order valence-corrected chi connectivity index (χ0v) is 15.6. The van der Waals surface area contributed by atoms with Gasteiger partial charge in [-0.15, -0.1) is 0 Å². The largest absolute Gasteiger partial charge is 0.465 e. The molecule has 2 unspecified atom stereocenters. The fourth-order valence-electron chi connectivity index (χ4n) is 2.58. The summed E-state index contributed by atoms with van der Waals surface area (Å²) in [5.74, 6) is -0.426. The van der Waals surface area contributed by atoms with Crippen LogP contribution in [0.25, 0.3) is 0 Å². The second-order valence-corrected chi connectivity index (χ2v) is 7.81. The second-order valence-electron chi connectivity index (χ2n) is 6.20. The van der Waals surface area contributed by atoms with Crippen LogP contribution >= 0.6 is 0 Å². The monoisotopic (exact) mass is 377 g/mol. The zero-order valence-electron chi connectivity index (χ0n) is 14.8. The van der Waals surface area contributed by atoms with Crippen LogP contribution < -0.4 is 5.32 Å². The van der Waals surface area contributed by atoms with E-state index in [1.807, 2.05) is 44.2 Å². The maximum atomic E-state index is 12.4. The number of amides is 1. The van der Waals surface area contributed by atoms with Gasteiger partial charge in [-0.05, 0) is 30.5 Å². The Labute approximate surface area is 153 Å². The van der Waals surface area contributed by atoms with Crippen LogP contribution in [-0.4, -0.2) is 32.8 Å². The Morgan fingerprint density at radius 1 is 1.12 bits per heavy atom. The van der Waals surface area contributed by atoms with Gasteiger partial charge in [-0.2, -0.15) is 8.42 Å². The van der Waals surface area contributed by atoms with E-state index in [1.54, 1.807) is 12.1 Å². The summed E-state index contributed by atoms with van der Waals surface area (Å²) in [7, 11) is -3.90. The number of hydrogen-bond acceptors (Lipinski definition) is 4. The molecular weight excluding hydrogens is 354 g/mol. The van der Waals surface area contributed by atoms with Gasteiger partial charge in [-0.25, -0.2) is 4.79 Å². The average molecular weight is 377 g/mol. The molecule has 1 amide bonds. The summed E-state index contributed by atoms with van der Waals surface area (Å²) in [5.41, 5.74) is 1.94. The Morgan fingerprint density at radius 3 is 2.31 bits per heavy atom. The van der Waals surface area contributed by atoms with Crippen LogP contribution in [0.15, 0.2) is 59.5 Å². The predicted octanol–water partition coefficient (Wildman–Crippen LogP) is 3.39. The Balaban J connectivity index is 2.13. The summed E-state index contributed by atoms with van der Waals surface area (Å²) < 4.78 is 30.0. The van der Waals surface area contributed by atoms with Crippen LogP contribution in [0.1, 0.15) is 24.0 Å². The molecule has 7 heteroatoms. The van der Waals surface area contributed by atoms with Crippen molar-refractivity contribution in [3.63, 3.8) is 0 Å². The number of benzene rings is 2. The molecule has 0 fully saturated rings. The molecule has 0 radical (unpaired) electrons. The Morgan fingerprint density at radius 2 is 1.73 bits per heavy atom. The van der Waals surface area contributed by atoms with Crippen LogP contribution in [-0.2, 0) is 14.3 Å². The van der Waals surface area contributed by atoms with Crippen molar-refractivity contribution in [3.8, 4) is 0 Å². The molecule has 140 valence electrons. The van der Waals surface area contributed by atoms with E-state index in [0.717, 1.165) is 11.1 Å². The molecule has 2 aromatic carbocycles. The maximum Gasteiger partial charge on any atom is 0.404 e. The SMILES string of the molecule is Cc1ccc(S(=O)(=O)OCC(CNC(=O)O)C(C)c2ccccc2)cc1. The normalized spacial score (nSPS) is 13.8. The standard InChI is InChI=1S/C19H23NO5S/c1-14-8-10-18(11-9-14)26(23,24)25-13-17(12-20-19(21)22)15(2)16-6-4-3-5-7-16/h3-11,15,17,20H,12-13H2,1-2H3,(H,21,22). The van der Waals surface area contributed by atoms with Crippen molar-refractivity contribution in [2.24, 2.45) is 5.92 Å². The first-order valence-electron chi connectivity index (χ1n) is 8.27. The van der Waals surface area contributed by atoms with Gasteiger partial charge < -0.3 is 10.4 Å². The number of carbonyl (C=O) groups is 1. The van der Waals surface area contributed by atoms with E-state index < -0.39 is 16.2 Å². The van der Waals surface area contributed by atoms with Gasteiger partial charge in [0.25, 0.3) is 10.1 Å². The third-order valence-electron chi connectivity index (χ3n) is 4.29. The highest BCUT2D eigenvalue weighted by Crippen LogP contribution is 2.25. The Kier molecular flexibility index (Phi) is 6.76. The number of nitrogens with one attached hydrogen (secondary N) is 1. The lowest BCUT2D eigenvalue weighted by Crippen LogP contribution is -2.33. The summed E-state index contributed by atoms with van der Waals surface area (Å²) in [6.07, 6.45) is -1.16. The summed E-state index contributed by atoms with van der Waals surface area (Å²) in [5, 5.41) is 11.2. The van der Waals surface area contributed by atoms with Gasteiger partial charge in [0.15, 0.2) is 0 Å². The smallest absolute Gasteiger partial charge is 0.404 e. The second kappa shape index (κ2) is 8.82. The highest BCUT2D eigenvalue weighted by molar-refractivity contribution is 7.86. The van der Waals surface area contributed by atoms with Crippen molar-refractivity contribution in [1.82, 2.24) is 5.32 Å². The molecule has 2 aromatic rings. The fourth-order valence-corrected chi connectivity index (χ4v) is 3.54. The molecule has 0 heterocycles. The maximum absolute atomic E-state index is 12.4. The summed E-state index contributed by atoms with van der Waals surface area (Å²) in [6.45, 7) is 3.76. The van der Waals surface area contributed by atoms with E-state index in [0.29, 0.717) is 0 Å². The third kappa shape index (κ3) is 5.57. The molecule has 0 aromatic heterocycles. The molecule has 0 saturated heterocycles. The van der Waals surface area contributed by atoms with E-state index in [4.69, 9.17) is 9.29 Å². The molecule has 0 bridgehead atoms. The van der Waals surface area contributed by atoms with Gasteiger partial charge in [0.05, 0.1) is 11.5 Å². The Bertz CT molecular complexity index is 819. The molecule has 0 aliphatic rings. The van der Waals surface area contributed by atoms with Crippen LogP contribution in [0.4, 0.5) is 4.79 Å². The first-order chi connectivity index (χ1) is 12.3. The highest BCUT2D eigenvalue weighted by atomic mass is 32.2. The van der Waals surface area contributed by atoms with Gasteiger partial charge in [0.1, 0.15) is 0 Å². The number of aryl methyl sites for hydroxylation is 1. The number of hydrogen-bond donors (Lipinski definition) is 2. The predicted molar refractivity (Wildman–Crippen MR) is 98.7 cm³/mol. The molecule has 0 saturated carbocycles. The summed E-state index contributed by atoms with van der Waals surface area (Å²) in [6, 6.07) is 15.9.